The van der Waals surface area contributed by atoms with E-state index < -0.39 is 0 Å². The molecule has 0 aliphatic rings. The van der Waals surface area contributed by atoms with Gasteiger partial charge in [-0.05, 0) is 31.9 Å². The first-order chi connectivity index (χ1) is 11.6. The zero-order valence-electron chi connectivity index (χ0n) is 14.4. The number of nitrogens with zero attached hydrogens (tertiary/aromatic N) is 3. The van der Waals surface area contributed by atoms with Crippen molar-refractivity contribution in [3.63, 3.8) is 0 Å². The van der Waals surface area contributed by atoms with Crippen molar-refractivity contribution in [1.29, 1.82) is 0 Å². The van der Waals surface area contributed by atoms with Crippen molar-refractivity contribution in [2.24, 2.45) is 0 Å². The minimum Gasteiger partial charge on any atom is -0.370 e. The van der Waals surface area contributed by atoms with Gasteiger partial charge in [-0.1, -0.05) is 43.5 Å². The fraction of sp³-hybridized carbons (Fsp3) is 0.368. The molecular weight excluding hydrogens is 320 g/mol. The van der Waals surface area contributed by atoms with Gasteiger partial charge < -0.3 is 5.32 Å². The largest absolute Gasteiger partial charge is 0.370 e. The predicted molar refractivity (Wildman–Crippen MR) is 101 cm³/mol. The van der Waals surface area contributed by atoms with Crippen LogP contribution in [0.1, 0.15) is 37.4 Å². The van der Waals surface area contributed by atoms with Crippen LogP contribution in [0.2, 0.25) is 5.02 Å². The van der Waals surface area contributed by atoms with Gasteiger partial charge in [0.05, 0.1) is 6.20 Å². The molecule has 0 saturated carbocycles. The van der Waals surface area contributed by atoms with Crippen LogP contribution in [-0.4, -0.2) is 21.1 Å². The van der Waals surface area contributed by atoms with Crippen molar-refractivity contribution in [1.82, 2.24) is 14.6 Å². The molecule has 24 heavy (non-hydrogen) atoms. The fourth-order valence-corrected chi connectivity index (χ4v) is 3.17. The van der Waals surface area contributed by atoms with Crippen LogP contribution >= 0.6 is 11.6 Å². The third kappa shape index (κ3) is 3.39. The first-order valence-electron chi connectivity index (χ1n) is 8.46. The van der Waals surface area contributed by atoms with Crippen LogP contribution in [0.15, 0.2) is 30.5 Å². The summed E-state index contributed by atoms with van der Waals surface area (Å²) in [5, 5.41) is 8.74. The molecule has 1 aromatic carbocycles. The smallest absolute Gasteiger partial charge is 0.165 e. The van der Waals surface area contributed by atoms with Gasteiger partial charge >= 0.3 is 0 Å². The van der Waals surface area contributed by atoms with E-state index in [1.165, 1.54) is 12.8 Å². The Balaban J connectivity index is 2.01. The second kappa shape index (κ2) is 7.22. The van der Waals surface area contributed by atoms with E-state index in [0.29, 0.717) is 0 Å². The quantitative estimate of drug-likeness (QED) is 0.620. The fourth-order valence-electron chi connectivity index (χ4n) is 2.83. The number of fused-ring (bicyclic) bond motifs is 1. The van der Waals surface area contributed by atoms with E-state index in [1.54, 1.807) is 0 Å². The second-order valence-electron chi connectivity index (χ2n) is 6.19. The van der Waals surface area contributed by atoms with E-state index in [-0.39, 0.29) is 0 Å². The Morgan fingerprint density at radius 1 is 1.12 bits per heavy atom. The summed E-state index contributed by atoms with van der Waals surface area (Å²) in [6.45, 7) is 7.18. The molecule has 0 unspecified atom stereocenters. The van der Waals surface area contributed by atoms with E-state index in [2.05, 4.69) is 28.4 Å². The molecule has 0 bridgehead atoms. The third-order valence-electron chi connectivity index (χ3n) is 4.10. The van der Waals surface area contributed by atoms with E-state index in [4.69, 9.17) is 11.6 Å². The molecule has 0 saturated heterocycles. The number of aryl methyl sites for hydroxylation is 2. The lowest BCUT2D eigenvalue weighted by molar-refractivity contribution is 0.739. The normalized spacial score (nSPS) is 11.2. The third-order valence-corrected chi connectivity index (χ3v) is 4.41. The van der Waals surface area contributed by atoms with Crippen molar-refractivity contribution < 1.29 is 0 Å². The number of benzene rings is 1. The molecule has 5 heteroatoms. The molecule has 1 N–H and O–H groups in total. The summed E-state index contributed by atoms with van der Waals surface area (Å²) in [5.41, 5.74) is 4.86. The van der Waals surface area contributed by atoms with Gasteiger partial charge in [0.25, 0.3) is 0 Å². The number of hydrogen-bond donors (Lipinski definition) is 1. The first-order valence-corrected chi connectivity index (χ1v) is 8.83. The van der Waals surface area contributed by atoms with E-state index in [9.17, 15) is 0 Å². The van der Waals surface area contributed by atoms with Gasteiger partial charge in [-0.25, -0.2) is 4.98 Å². The highest BCUT2D eigenvalue weighted by Gasteiger charge is 2.14. The Labute approximate surface area is 147 Å². The maximum atomic E-state index is 6.44. The number of nitrogens with one attached hydrogen (secondary N) is 1. The van der Waals surface area contributed by atoms with E-state index in [0.717, 1.165) is 51.8 Å². The van der Waals surface area contributed by atoms with Crippen molar-refractivity contribution in [2.45, 2.75) is 40.0 Å². The molecular formula is C19H23ClN4. The van der Waals surface area contributed by atoms with Crippen LogP contribution in [0.5, 0.6) is 0 Å². The topological polar surface area (TPSA) is 42.2 Å². The molecule has 0 fully saturated rings. The Hall–Kier alpha value is -2.07. The maximum Gasteiger partial charge on any atom is 0.165 e. The number of rotatable bonds is 6. The highest BCUT2D eigenvalue weighted by atomic mass is 35.5. The molecule has 3 rings (SSSR count). The molecule has 0 aliphatic heterocycles. The SMILES string of the molecule is CCCCCNc1cc(C)nc2c(-c3ccc(C)cc3Cl)cnn12. The summed E-state index contributed by atoms with van der Waals surface area (Å²) < 4.78 is 1.87. The van der Waals surface area contributed by atoms with Crippen molar-refractivity contribution in [3.05, 3.63) is 46.7 Å². The molecule has 0 spiro atoms. The van der Waals surface area contributed by atoms with Gasteiger partial charge in [0, 0.05) is 34.5 Å². The summed E-state index contributed by atoms with van der Waals surface area (Å²) in [4.78, 5) is 4.68. The number of hydrogen-bond acceptors (Lipinski definition) is 3. The van der Waals surface area contributed by atoms with E-state index in [1.807, 2.05) is 42.8 Å². The zero-order chi connectivity index (χ0) is 17.1. The highest BCUT2D eigenvalue weighted by Crippen LogP contribution is 2.32. The molecule has 4 nitrogen and oxygen atoms in total. The number of anilines is 1. The minimum absolute atomic E-state index is 0.727. The number of halogens is 1. The maximum absolute atomic E-state index is 6.44. The molecule has 126 valence electrons. The Morgan fingerprint density at radius 2 is 1.96 bits per heavy atom. The van der Waals surface area contributed by atoms with Gasteiger partial charge in [0.2, 0.25) is 0 Å². The van der Waals surface area contributed by atoms with Crippen molar-refractivity contribution in [3.8, 4) is 11.1 Å². The number of unbranched alkanes of at least 4 members (excludes halogenated alkanes) is 2. The Morgan fingerprint density at radius 3 is 2.71 bits per heavy atom. The molecule has 0 atom stereocenters. The van der Waals surface area contributed by atoms with Gasteiger partial charge in [-0.2, -0.15) is 9.61 Å². The summed E-state index contributed by atoms with van der Waals surface area (Å²) in [5.74, 6) is 0.975. The van der Waals surface area contributed by atoms with Crippen LogP contribution < -0.4 is 5.32 Å². The molecule has 3 aromatic rings. The zero-order valence-corrected chi connectivity index (χ0v) is 15.2. The van der Waals surface area contributed by atoms with Gasteiger partial charge in [-0.15, -0.1) is 0 Å². The average Bonchev–Trinajstić information content (AvgIpc) is 2.95. The van der Waals surface area contributed by atoms with E-state index >= 15 is 0 Å². The minimum atomic E-state index is 0.727. The van der Waals surface area contributed by atoms with Crippen molar-refractivity contribution in [2.75, 3.05) is 11.9 Å². The lowest BCUT2D eigenvalue weighted by atomic mass is 10.1. The molecule has 0 amide bonds. The lowest BCUT2D eigenvalue weighted by Gasteiger charge is -2.10. The molecule has 2 heterocycles. The lowest BCUT2D eigenvalue weighted by Crippen LogP contribution is -2.08. The van der Waals surface area contributed by atoms with Crippen LogP contribution in [0, 0.1) is 13.8 Å². The Kier molecular flexibility index (Phi) is 5.05. The van der Waals surface area contributed by atoms with Crippen LogP contribution in [0.4, 0.5) is 5.82 Å². The predicted octanol–water partition coefficient (Wildman–Crippen LogP) is 5.27. The van der Waals surface area contributed by atoms with Gasteiger partial charge in [0.1, 0.15) is 5.82 Å². The summed E-state index contributed by atoms with van der Waals surface area (Å²) >= 11 is 6.44. The number of aromatic nitrogens is 3. The summed E-state index contributed by atoms with van der Waals surface area (Å²) in [6, 6.07) is 8.10. The molecule has 0 aliphatic carbocycles. The Bertz CT molecular complexity index is 854. The van der Waals surface area contributed by atoms with Crippen LogP contribution in [-0.2, 0) is 0 Å². The standard InChI is InChI=1S/C19H23ClN4/c1-4-5-6-9-21-18-11-14(3)23-19-16(12-22-24(18)19)15-8-7-13(2)10-17(15)20/h7-8,10-12,21H,4-6,9H2,1-3H3. The van der Waals surface area contributed by atoms with Crippen LogP contribution in [0.3, 0.4) is 0 Å². The highest BCUT2D eigenvalue weighted by molar-refractivity contribution is 6.33. The van der Waals surface area contributed by atoms with Crippen molar-refractivity contribution >= 4 is 23.1 Å². The molecule has 0 radical (unpaired) electrons. The monoisotopic (exact) mass is 342 g/mol. The molecule has 2 aromatic heterocycles. The van der Waals surface area contributed by atoms with Crippen LogP contribution in [0.25, 0.3) is 16.8 Å². The van der Waals surface area contributed by atoms with Gasteiger partial charge in [0.15, 0.2) is 5.65 Å². The second-order valence-corrected chi connectivity index (χ2v) is 6.60. The average molecular weight is 343 g/mol. The first kappa shape index (κ1) is 16.8. The summed E-state index contributed by atoms with van der Waals surface area (Å²) in [7, 11) is 0. The van der Waals surface area contributed by atoms with Gasteiger partial charge in [-0.3, -0.25) is 0 Å². The summed E-state index contributed by atoms with van der Waals surface area (Å²) in [6.07, 6.45) is 5.43.